The third kappa shape index (κ3) is 13.6. The molecule has 0 aromatic heterocycles. The lowest BCUT2D eigenvalue weighted by Crippen LogP contribution is -2.12. The highest BCUT2D eigenvalue weighted by molar-refractivity contribution is 5.80. The number of unbranched alkanes of at least 4 members (excludes halogenated alkanes) is 2. The summed E-state index contributed by atoms with van der Waals surface area (Å²) < 4.78 is 42.9. The molecule has 42 heavy (non-hydrogen) atoms. The van der Waals surface area contributed by atoms with Gasteiger partial charge in [0.25, 0.3) is 0 Å². The van der Waals surface area contributed by atoms with Crippen molar-refractivity contribution in [2.75, 3.05) is 0 Å². The number of carboxylic acid groups (broad SMARTS) is 1. The Hall–Kier alpha value is -2.63. The molecule has 1 N–H and O–H groups in total. The number of allylic oxidation sites excluding steroid dienone is 5. The van der Waals surface area contributed by atoms with Crippen LogP contribution in [0, 0.1) is 11.8 Å². The molecule has 2 rings (SSSR count). The number of carboxylic acids is 1. The van der Waals surface area contributed by atoms with Gasteiger partial charge in [-0.2, -0.15) is 13.2 Å². The zero-order valence-corrected chi connectivity index (χ0v) is 26.9. The fraction of sp³-hybridized carbons (Fsp3) is 0.611. The van der Waals surface area contributed by atoms with Crippen LogP contribution in [-0.4, -0.2) is 16.9 Å². The van der Waals surface area contributed by atoms with Crippen molar-refractivity contribution in [1.82, 2.24) is 0 Å². The van der Waals surface area contributed by atoms with E-state index in [2.05, 4.69) is 34.6 Å². The molecule has 0 fully saturated rings. The van der Waals surface area contributed by atoms with E-state index in [1.807, 2.05) is 18.2 Å². The monoisotopic (exact) mass is 590 g/mol. The van der Waals surface area contributed by atoms with Gasteiger partial charge in [0.2, 0.25) is 0 Å². The minimum Gasteiger partial charge on any atom is -0.481 e. The van der Waals surface area contributed by atoms with Crippen molar-refractivity contribution in [2.45, 2.75) is 131 Å². The fourth-order valence-corrected chi connectivity index (χ4v) is 5.46. The number of carbonyl (C=O) groups excluding carboxylic acids is 1. The smallest absolute Gasteiger partial charge is 0.417 e. The van der Waals surface area contributed by atoms with Gasteiger partial charge in [0.15, 0.2) is 0 Å². The lowest BCUT2D eigenvalue weighted by Gasteiger charge is -2.24. The Bertz CT molecular complexity index is 1090. The lowest BCUT2D eigenvalue weighted by atomic mass is 9.82. The first-order valence-electron chi connectivity index (χ1n) is 15.7. The predicted molar refractivity (Wildman–Crippen MR) is 168 cm³/mol. The van der Waals surface area contributed by atoms with Crippen LogP contribution >= 0.6 is 0 Å². The molecule has 236 valence electrons. The molecule has 0 spiro atoms. The number of aliphatic carboxylic acids is 1. The first-order chi connectivity index (χ1) is 19.7. The van der Waals surface area contributed by atoms with Crippen LogP contribution in [0.25, 0.3) is 5.57 Å². The minimum absolute atomic E-state index is 0.0716. The van der Waals surface area contributed by atoms with Gasteiger partial charge in [-0.3, -0.25) is 4.79 Å². The van der Waals surface area contributed by atoms with Crippen molar-refractivity contribution in [1.29, 1.82) is 0 Å². The molecule has 0 radical (unpaired) electrons. The van der Waals surface area contributed by atoms with E-state index >= 15 is 0 Å². The summed E-state index contributed by atoms with van der Waals surface area (Å²) in [7, 11) is 0. The average Bonchev–Trinajstić information content (AvgIpc) is 2.87. The Labute approximate surface area is 252 Å². The summed E-state index contributed by atoms with van der Waals surface area (Å²) in [6.45, 7) is 13.7. The van der Waals surface area contributed by atoms with Crippen LogP contribution in [0.1, 0.15) is 142 Å². The lowest BCUT2D eigenvalue weighted by molar-refractivity contribution is -0.138. The molecule has 0 aliphatic heterocycles. The van der Waals surface area contributed by atoms with E-state index < -0.39 is 17.7 Å². The van der Waals surface area contributed by atoms with Gasteiger partial charge >= 0.3 is 12.1 Å². The largest absolute Gasteiger partial charge is 0.481 e. The number of halogens is 3. The van der Waals surface area contributed by atoms with Crippen molar-refractivity contribution < 1.29 is 27.9 Å². The molecule has 0 bridgehead atoms. The van der Waals surface area contributed by atoms with Gasteiger partial charge in [0.1, 0.15) is 5.78 Å². The highest BCUT2D eigenvalue weighted by Gasteiger charge is 2.34. The SMILES string of the molecule is CC(C)=O.CCCCC/C(CC(=O)O)=C1/C=C(c2cc(C(CCC)CCC(C)C)ccc2C(F)(F)F)\C=C/CCC1C. The van der Waals surface area contributed by atoms with E-state index in [1.165, 1.54) is 19.9 Å². The molecule has 6 heteroatoms. The molecule has 3 nitrogen and oxygen atoms in total. The second-order valence-electron chi connectivity index (χ2n) is 12.2. The summed E-state index contributed by atoms with van der Waals surface area (Å²) in [5, 5.41) is 9.64. The van der Waals surface area contributed by atoms with E-state index in [9.17, 15) is 27.9 Å². The Kier molecular flexibility index (Phi) is 16.7. The number of alkyl halides is 3. The van der Waals surface area contributed by atoms with Crippen molar-refractivity contribution in [3.05, 3.63) is 64.3 Å². The number of benzene rings is 1. The molecule has 1 aromatic rings. The zero-order valence-electron chi connectivity index (χ0n) is 26.9. The molecule has 1 aromatic carbocycles. The van der Waals surface area contributed by atoms with Gasteiger partial charge in [0, 0.05) is 0 Å². The van der Waals surface area contributed by atoms with Gasteiger partial charge in [-0.1, -0.05) is 96.2 Å². The summed E-state index contributed by atoms with van der Waals surface area (Å²) in [4.78, 5) is 21.2. The second kappa shape index (κ2) is 18.8. The molecule has 0 heterocycles. The van der Waals surface area contributed by atoms with Crippen molar-refractivity contribution in [3.8, 4) is 0 Å². The zero-order chi connectivity index (χ0) is 31.9. The molecule has 0 saturated heterocycles. The molecular formula is C36H53F3O3. The van der Waals surface area contributed by atoms with Crippen LogP contribution in [0.5, 0.6) is 0 Å². The standard InChI is InChI=1S/C33H47F3O2.C3H6O/c1-6-8-9-14-28(22-32(37)38)29-21-27(15-11-10-13-24(29)5)30-20-26(18-19-31(30)33(34,35)36)25(12-7-2)17-16-23(3)4;1-3(2)4/h11,15,18-21,23-25H,6-10,12-14,16-17,22H2,1-5H3,(H,37,38);1-2H3/b15-11-,27-21+,29-28+;. The molecule has 0 amide bonds. The second-order valence-corrected chi connectivity index (χ2v) is 12.2. The third-order valence-electron chi connectivity index (χ3n) is 7.62. The first-order valence-corrected chi connectivity index (χ1v) is 15.7. The molecule has 1 aliphatic carbocycles. The van der Waals surface area contributed by atoms with Crippen LogP contribution in [-0.2, 0) is 15.8 Å². The summed E-state index contributed by atoms with van der Waals surface area (Å²) in [6.07, 6.45) is 10.1. The maximum atomic E-state index is 14.3. The third-order valence-corrected chi connectivity index (χ3v) is 7.62. The number of hydrogen-bond donors (Lipinski definition) is 1. The van der Waals surface area contributed by atoms with Crippen LogP contribution in [0.15, 0.2) is 47.6 Å². The van der Waals surface area contributed by atoms with Gasteiger partial charge in [-0.05, 0) is 98.5 Å². The molecular weight excluding hydrogens is 537 g/mol. The highest BCUT2D eigenvalue weighted by Crippen LogP contribution is 2.40. The van der Waals surface area contributed by atoms with Crippen molar-refractivity contribution >= 4 is 17.3 Å². The van der Waals surface area contributed by atoms with Gasteiger partial charge in [-0.25, -0.2) is 0 Å². The average molecular weight is 591 g/mol. The molecule has 2 unspecified atom stereocenters. The topological polar surface area (TPSA) is 54.4 Å². The molecule has 1 aliphatic rings. The van der Waals surface area contributed by atoms with Crippen LogP contribution < -0.4 is 0 Å². The van der Waals surface area contributed by atoms with E-state index in [-0.39, 0.29) is 29.6 Å². The van der Waals surface area contributed by atoms with Crippen LogP contribution in [0.2, 0.25) is 0 Å². The Morgan fingerprint density at radius 1 is 1.02 bits per heavy atom. The quantitative estimate of drug-likeness (QED) is 0.233. The number of Topliss-reactive ketones (excluding diaryl/α,β-unsaturated/α-hetero) is 1. The van der Waals surface area contributed by atoms with Gasteiger partial charge in [-0.15, -0.1) is 0 Å². The maximum Gasteiger partial charge on any atom is 0.417 e. The fourth-order valence-electron chi connectivity index (χ4n) is 5.46. The summed E-state index contributed by atoms with van der Waals surface area (Å²) in [5.74, 6) is 0.0952. The highest BCUT2D eigenvalue weighted by atomic mass is 19.4. The Morgan fingerprint density at radius 3 is 2.24 bits per heavy atom. The van der Waals surface area contributed by atoms with E-state index in [1.54, 1.807) is 12.1 Å². The summed E-state index contributed by atoms with van der Waals surface area (Å²) in [5.41, 5.74) is 2.79. The maximum absolute atomic E-state index is 14.3. The molecule has 0 saturated carbocycles. The van der Waals surface area contributed by atoms with Crippen LogP contribution in [0.4, 0.5) is 13.2 Å². The number of carbonyl (C=O) groups is 2. The van der Waals surface area contributed by atoms with Gasteiger partial charge in [0.05, 0.1) is 12.0 Å². The van der Waals surface area contributed by atoms with Gasteiger partial charge < -0.3 is 9.90 Å². The summed E-state index contributed by atoms with van der Waals surface area (Å²) in [6, 6.07) is 4.68. The number of ketones is 1. The number of hydrogen-bond acceptors (Lipinski definition) is 2. The van der Waals surface area contributed by atoms with Crippen molar-refractivity contribution in [3.63, 3.8) is 0 Å². The first kappa shape index (κ1) is 37.4. The Balaban J connectivity index is 0.00000206. The van der Waals surface area contributed by atoms with Crippen molar-refractivity contribution in [2.24, 2.45) is 11.8 Å². The van der Waals surface area contributed by atoms with E-state index in [0.717, 1.165) is 74.5 Å². The predicted octanol–water partition coefficient (Wildman–Crippen LogP) is 11.3. The Morgan fingerprint density at radius 2 is 1.69 bits per heavy atom. The van der Waals surface area contributed by atoms with E-state index in [4.69, 9.17) is 0 Å². The van der Waals surface area contributed by atoms with Crippen LogP contribution in [0.3, 0.4) is 0 Å². The minimum atomic E-state index is -4.48. The number of rotatable bonds is 13. The normalized spacial score (nSPS) is 19.5. The summed E-state index contributed by atoms with van der Waals surface area (Å²) >= 11 is 0. The van der Waals surface area contributed by atoms with E-state index in [0.29, 0.717) is 17.9 Å². The molecule has 2 atom stereocenters.